The monoisotopic (exact) mass is 426 g/mol. The third kappa shape index (κ3) is 3.73. The van der Waals surface area contributed by atoms with Crippen LogP contribution in [0.4, 0.5) is 8.78 Å². The lowest BCUT2D eigenvalue weighted by Crippen LogP contribution is -2.27. The van der Waals surface area contributed by atoms with Gasteiger partial charge in [0.15, 0.2) is 5.65 Å². The van der Waals surface area contributed by atoms with E-state index in [0.717, 1.165) is 11.1 Å². The van der Waals surface area contributed by atoms with Crippen LogP contribution in [0.25, 0.3) is 22.4 Å². The van der Waals surface area contributed by atoms with Crippen LogP contribution >= 0.6 is 0 Å². The van der Waals surface area contributed by atoms with E-state index in [2.05, 4.69) is 25.2 Å². The van der Waals surface area contributed by atoms with Crippen molar-refractivity contribution in [3.8, 4) is 11.4 Å². The number of aryl methyl sites for hydroxylation is 1. The molecule has 0 aliphatic heterocycles. The zero-order valence-electron chi connectivity index (χ0n) is 16.8. The van der Waals surface area contributed by atoms with E-state index >= 15 is 0 Å². The van der Waals surface area contributed by atoms with Crippen molar-refractivity contribution in [3.05, 3.63) is 58.1 Å². The van der Waals surface area contributed by atoms with Gasteiger partial charge in [-0.2, -0.15) is 10.1 Å². The minimum Gasteiger partial charge on any atom is -0.339 e. The highest BCUT2D eigenvalue weighted by atomic mass is 19.3. The molecule has 160 valence electrons. The number of hydrogen-bond donors (Lipinski definition) is 1. The van der Waals surface area contributed by atoms with Crippen LogP contribution in [0, 0.1) is 6.92 Å². The molecule has 1 N–H and O–H groups in total. The lowest BCUT2D eigenvalue weighted by molar-refractivity contribution is -0.0446. The van der Waals surface area contributed by atoms with E-state index in [1.807, 2.05) is 24.3 Å². The Kier molecular flexibility index (Phi) is 4.64. The van der Waals surface area contributed by atoms with Gasteiger partial charge in [-0.25, -0.2) is 18.4 Å². The average molecular weight is 426 g/mol. The molecular formula is C21H20F2N6O2. The summed E-state index contributed by atoms with van der Waals surface area (Å²) in [5, 5.41) is 8.63. The molecule has 10 heteroatoms. The van der Waals surface area contributed by atoms with Crippen molar-refractivity contribution in [2.24, 2.45) is 0 Å². The van der Waals surface area contributed by atoms with E-state index in [0.29, 0.717) is 47.8 Å². The maximum atomic E-state index is 13.6. The topological polar surface area (TPSA) is 102 Å². The Hall–Kier alpha value is -3.43. The number of H-pyrrole nitrogens is 1. The third-order valence-corrected chi connectivity index (χ3v) is 5.69. The largest absolute Gasteiger partial charge is 0.339 e. The second-order valence-corrected chi connectivity index (χ2v) is 7.90. The van der Waals surface area contributed by atoms with Crippen LogP contribution < -0.4 is 5.56 Å². The summed E-state index contributed by atoms with van der Waals surface area (Å²) in [7, 11) is 0. The minimum atomic E-state index is -2.63. The first kappa shape index (κ1) is 19.5. The molecule has 3 aromatic heterocycles. The Morgan fingerprint density at radius 3 is 2.74 bits per heavy atom. The number of nitrogens with one attached hydrogen (secondary N) is 1. The van der Waals surface area contributed by atoms with Gasteiger partial charge >= 0.3 is 0 Å². The van der Waals surface area contributed by atoms with E-state index in [4.69, 9.17) is 4.52 Å². The number of hydrogen-bond acceptors (Lipinski definition) is 6. The molecule has 1 aromatic carbocycles. The summed E-state index contributed by atoms with van der Waals surface area (Å²) in [6.07, 6.45) is 2.01. The van der Waals surface area contributed by atoms with Gasteiger partial charge in [-0.15, -0.1) is 0 Å². The lowest BCUT2D eigenvalue weighted by atomic mass is 9.92. The molecule has 3 heterocycles. The molecule has 0 bridgehead atoms. The van der Waals surface area contributed by atoms with E-state index in [1.165, 1.54) is 6.20 Å². The van der Waals surface area contributed by atoms with E-state index in [1.54, 1.807) is 11.6 Å². The Labute approximate surface area is 175 Å². The third-order valence-electron chi connectivity index (χ3n) is 5.69. The van der Waals surface area contributed by atoms with Crippen molar-refractivity contribution >= 4 is 11.0 Å². The van der Waals surface area contributed by atoms with Gasteiger partial charge in [0.1, 0.15) is 11.2 Å². The molecule has 1 aliphatic carbocycles. The minimum absolute atomic E-state index is 0.188. The molecular weight excluding hydrogens is 406 g/mol. The summed E-state index contributed by atoms with van der Waals surface area (Å²) in [5.74, 6) is -1.26. The smallest absolute Gasteiger partial charge is 0.262 e. The van der Waals surface area contributed by atoms with E-state index in [9.17, 15) is 13.6 Å². The number of nitrogens with zero attached hydrogens (tertiary/aromatic N) is 5. The quantitative estimate of drug-likeness (QED) is 0.532. The predicted molar refractivity (Wildman–Crippen MR) is 108 cm³/mol. The first-order valence-electron chi connectivity index (χ1n) is 10.1. The molecule has 4 aromatic rings. The van der Waals surface area contributed by atoms with Crippen molar-refractivity contribution in [3.63, 3.8) is 0 Å². The van der Waals surface area contributed by atoms with Gasteiger partial charge in [0, 0.05) is 31.7 Å². The normalized spacial score (nSPS) is 16.7. The Balaban J connectivity index is 1.50. The number of fused-ring (bicyclic) bond motifs is 1. The molecule has 0 amide bonds. The summed E-state index contributed by atoms with van der Waals surface area (Å²) in [6.45, 7) is 1.72. The average Bonchev–Trinajstić information content (AvgIpc) is 3.35. The molecule has 0 atom stereocenters. The van der Waals surface area contributed by atoms with Crippen LogP contribution in [-0.4, -0.2) is 35.8 Å². The van der Waals surface area contributed by atoms with Gasteiger partial charge < -0.3 is 9.51 Å². The highest BCUT2D eigenvalue weighted by Gasteiger charge is 2.36. The Morgan fingerprint density at radius 1 is 1.23 bits per heavy atom. The SMILES string of the molecule is Cc1nc(-c2ccccc2Cc2nc3c(cnn3C3CCC(F)(F)CC3)c(=O)[nH]2)no1. The maximum absolute atomic E-state index is 13.6. The molecule has 31 heavy (non-hydrogen) atoms. The van der Waals surface area contributed by atoms with Crippen molar-refractivity contribution in [2.75, 3.05) is 0 Å². The van der Waals surface area contributed by atoms with Gasteiger partial charge in [-0.05, 0) is 18.4 Å². The van der Waals surface area contributed by atoms with Crippen molar-refractivity contribution in [1.29, 1.82) is 0 Å². The van der Waals surface area contributed by atoms with Gasteiger partial charge in [0.2, 0.25) is 17.6 Å². The van der Waals surface area contributed by atoms with Crippen molar-refractivity contribution in [2.45, 2.75) is 51.0 Å². The standard InChI is InChI=1S/C21H20F2N6O2/c1-12-25-18(28-31-12)15-5-3-2-4-13(15)10-17-26-19-16(20(30)27-17)11-24-29(19)14-6-8-21(22,23)9-7-14/h2-5,11,14H,6-10H2,1H3,(H,26,27,30). The zero-order valence-corrected chi connectivity index (χ0v) is 16.8. The molecule has 1 saturated carbocycles. The van der Waals surface area contributed by atoms with Gasteiger partial charge in [-0.3, -0.25) is 4.79 Å². The summed E-state index contributed by atoms with van der Waals surface area (Å²) < 4.78 is 33.8. The second-order valence-electron chi connectivity index (χ2n) is 7.90. The molecule has 0 radical (unpaired) electrons. The molecule has 0 unspecified atom stereocenters. The Bertz CT molecular complexity index is 1300. The first-order valence-corrected chi connectivity index (χ1v) is 10.1. The number of halogens is 2. The molecule has 1 fully saturated rings. The zero-order chi connectivity index (χ0) is 21.6. The molecule has 8 nitrogen and oxygen atoms in total. The fourth-order valence-electron chi connectivity index (χ4n) is 4.08. The molecule has 5 rings (SSSR count). The Morgan fingerprint density at radius 2 is 2.00 bits per heavy atom. The fourth-order valence-corrected chi connectivity index (χ4v) is 4.08. The van der Waals surface area contributed by atoms with Crippen LogP contribution in [0.2, 0.25) is 0 Å². The lowest BCUT2D eigenvalue weighted by Gasteiger charge is -2.28. The number of benzene rings is 1. The van der Waals surface area contributed by atoms with Gasteiger partial charge in [0.05, 0.1) is 12.2 Å². The van der Waals surface area contributed by atoms with Crippen LogP contribution in [0.5, 0.6) is 0 Å². The number of aromatic nitrogens is 6. The van der Waals surface area contributed by atoms with Crippen LogP contribution in [0.1, 0.15) is 49.0 Å². The molecule has 0 saturated heterocycles. The summed E-state index contributed by atoms with van der Waals surface area (Å²) in [6, 6.07) is 7.34. The number of rotatable bonds is 4. The second kappa shape index (κ2) is 7.36. The fraction of sp³-hybridized carbons (Fsp3) is 0.381. The summed E-state index contributed by atoms with van der Waals surface area (Å²) >= 11 is 0. The predicted octanol–water partition coefficient (Wildman–Crippen LogP) is 3.82. The van der Waals surface area contributed by atoms with Crippen LogP contribution in [0.3, 0.4) is 0 Å². The van der Waals surface area contributed by atoms with Crippen LogP contribution in [-0.2, 0) is 6.42 Å². The molecule has 1 aliphatic rings. The number of aromatic amines is 1. The molecule has 0 spiro atoms. The van der Waals surface area contributed by atoms with Gasteiger partial charge in [-0.1, -0.05) is 29.4 Å². The van der Waals surface area contributed by atoms with Crippen LogP contribution in [0.15, 0.2) is 39.8 Å². The number of alkyl halides is 2. The first-order chi connectivity index (χ1) is 14.9. The van der Waals surface area contributed by atoms with Crippen molar-refractivity contribution in [1.82, 2.24) is 29.9 Å². The highest BCUT2D eigenvalue weighted by molar-refractivity contribution is 5.73. The van der Waals surface area contributed by atoms with Crippen molar-refractivity contribution < 1.29 is 13.3 Å². The maximum Gasteiger partial charge on any atom is 0.262 e. The summed E-state index contributed by atoms with van der Waals surface area (Å²) in [4.78, 5) is 24.4. The van der Waals surface area contributed by atoms with E-state index in [-0.39, 0.29) is 24.4 Å². The summed E-state index contributed by atoms with van der Waals surface area (Å²) in [5.41, 5.74) is 1.77. The highest BCUT2D eigenvalue weighted by Crippen LogP contribution is 2.38. The van der Waals surface area contributed by atoms with Gasteiger partial charge in [0.25, 0.3) is 5.56 Å². The van der Waals surface area contributed by atoms with E-state index < -0.39 is 5.92 Å².